The Morgan fingerprint density at radius 3 is 2.48 bits per heavy atom. The van der Waals surface area contributed by atoms with Crippen LogP contribution in [0.2, 0.25) is 0 Å². The van der Waals surface area contributed by atoms with Gasteiger partial charge in [-0.25, -0.2) is 4.98 Å². The molecule has 3 aromatic heterocycles. The van der Waals surface area contributed by atoms with E-state index in [4.69, 9.17) is 5.73 Å². The third kappa shape index (κ3) is 3.46. The molecule has 1 saturated carbocycles. The van der Waals surface area contributed by atoms with E-state index in [0.717, 1.165) is 24.7 Å². The van der Waals surface area contributed by atoms with Gasteiger partial charge in [-0.1, -0.05) is 6.07 Å². The average Bonchev–Trinajstić information content (AvgIpc) is 3.18. The number of aliphatic hydroxyl groups is 1. The summed E-state index contributed by atoms with van der Waals surface area (Å²) in [6.45, 7) is 0. The van der Waals surface area contributed by atoms with Gasteiger partial charge in [0.2, 0.25) is 0 Å². The largest absolute Gasteiger partial charge is 0.419 e. The number of nitrogens with two attached hydrogens (primary N) is 1. The van der Waals surface area contributed by atoms with Gasteiger partial charge in [0.1, 0.15) is 11.6 Å². The number of pyridine rings is 1. The number of nitrogens with zero attached hydrogens (tertiary/aromatic N) is 5. The van der Waals surface area contributed by atoms with Crippen molar-refractivity contribution < 1.29 is 18.3 Å². The average molecular weight is 428 g/mol. The molecular weight excluding hydrogens is 409 g/mol. The Balaban J connectivity index is 1.66. The lowest BCUT2D eigenvalue weighted by Crippen LogP contribution is -2.18. The van der Waals surface area contributed by atoms with Gasteiger partial charge in [-0.2, -0.15) is 13.2 Å². The van der Waals surface area contributed by atoms with Crippen LogP contribution in [0.5, 0.6) is 0 Å². The summed E-state index contributed by atoms with van der Waals surface area (Å²) in [6.07, 6.45) is 1.06. The predicted molar refractivity (Wildman–Crippen MR) is 108 cm³/mol. The van der Waals surface area contributed by atoms with Crippen molar-refractivity contribution in [2.45, 2.75) is 43.9 Å². The number of aliphatic hydroxyl groups excluding tert-OH is 1. The van der Waals surface area contributed by atoms with Gasteiger partial charge in [-0.05, 0) is 49.4 Å². The summed E-state index contributed by atoms with van der Waals surface area (Å²) in [5.41, 5.74) is 7.27. The summed E-state index contributed by atoms with van der Waals surface area (Å²) in [7, 11) is 0. The van der Waals surface area contributed by atoms with Crippen LogP contribution in [0.3, 0.4) is 0 Å². The topological polar surface area (TPSA) is 102 Å². The Labute approximate surface area is 174 Å². The summed E-state index contributed by atoms with van der Waals surface area (Å²) in [6, 6.07) is 6.23. The summed E-state index contributed by atoms with van der Waals surface area (Å²) in [5, 5.41) is 18.4. The van der Waals surface area contributed by atoms with Crippen LogP contribution in [0.25, 0.3) is 27.8 Å². The third-order valence-corrected chi connectivity index (χ3v) is 5.87. The molecule has 5 rings (SSSR count). The van der Waals surface area contributed by atoms with Crippen LogP contribution in [-0.2, 0) is 6.18 Å². The van der Waals surface area contributed by atoms with Crippen LogP contribution >= 0.6 is 0 Å². The van der Waals surface area contributed by atoms with Crippen molar-refractivity contribution in [1.29, 1.82) is 0 Å². The van der Waals surface area contributed by atoms with Crippen molar-refractivity contribution >= 4 is 22.5 Å². The number of halogens is 3. The second-order valence-corrected chi connectivity index (χ2v) is 7.87. The number of aromatic nitrogens is 5. The van der Waals surface area contributed by atoms with E-state index in [1.165, 1.54) is 6.20 Å². The first-order valence-corrected chi connectivity index (χ1v) is 9.96. The molecule has 0 radical (unpaired) electrons. The number of nitrogen functional groups attached to an aromatic ring is 1. The summed E-state index contributed by atoms with van der Waals surface area (Å²) in [5.74, 6) is 0.363. The maximum Gasteiger partial charge on any atom is 0.419 e. The lowest BCUT2D eigenvalue weighted by Gasteiger charge is -2.24. The zero-order chi connectivity index (χ0) is 21.8. The second kappa shape index (κ2) is 7.16. The molecule has 10 heteroatoms. The molecule has 1 fully saturated rings. The molecule has 0 amide bonds. The van der Waals surface area contributed by atoms with Gasteiger partial charge in [-0.3, -0.25) is 9.38 Å². The normalized spacial score (nSPS) is 19.9. The Bertz CT molecular complexity index is 1280. The highest BCUT2D eigenvalue weighted by Crippen LogP contribution is 2.36. The zero-order valence-electron chi connectivity index (χ0n) is 16.3. The quantitative estimate of drug-likeness (QED) is 0.501. The lowest BCUT2D eigenvalue weighted by molar-refractivity contribution is -0.137. The Kier molecular flexibility index (Phi) is 4.54. The molecule has 0 spiro atoms. The van der Waals surface area contributed by atoms with Gasteiger partial charge < -0.3 is 10.8 Å². The molecule has 3 heterocycles. The van der Waals surface area contributed by atoms with Crippen molar-refractivity contribution in [2.75, 3.05) is 5.73 Å². The Morgan fingerprint density at radius 2 is 1.74 bits per heavy atom. The first-order valence-electron chi connectivity index (χ1n) is 9.96. The first kappa shape index (κ1) is 19.7. The zero-order valence-corrected chi connectivity index (χ0v) is 16.3. The van der Waals surface area contributed by atoms with Gasteiger partial charge in [0.25, 0.3) is 0 Å². The number of hydrogen-bond acceptors (Lipinski definition) is 6. The van der Waals surface area contributed by atoms with Gasteiger partial charge in [0.05, 0.1) is 28.9 Å². The molecule has 0 saturated heterocycles. The highest BCUT2D eigenvalue weighted by Gasteiger charge is 2.34. The summed E-state index contributed by atoms with van der Waals surface area (Å²) in [4.78, 5) is 8.15. The fourth-order valence-electron chi connectivity index (χ4n) is 4.22. The van der Waals surface area contributed by atoms with Crippen molar-refractivity contribution in [3.05, 3.63) is 48.0 Å². The van der Waals surface area contributed by atoms with E-state index < -0.39 is 17.6 Å². The molecule has 7 nitrogen and oxygen atoms in total. The fourth-order valence-corrected chi connectivity index (χ4v) is 4.22. The van der Waals surface area contributed by atoms with E-state index in [2.05, 4.69) is 20.2 Å². The van der Waals surface area contributed by atoms with Crippen LogP contribution in [-0.4, -0.2) is 35.8 Å². The second-order valence-electron chi connectivity index (χ2n) is 7.87. The monoisotopic (exact) mass is 428 g/mol. The molecular formula is C21H19F3N6O. The third-order valence-electron chi connectivity index (χ3n) is 5.87. The summed E-state index contributed by atoms with van der Waals surface area (Å²) < 4.78 is 41.8. The molecule has 0 aliphatic heterocycles. The van der Waals surface area contributed by atoms with E-state index in [0.29, 0.717) is 40.6 Å². The standard InChI is InChI=1S/C21H19F3N6O/c22-21(23,24)15-7-13(9-27-19(15)25)12-3-6-16-17(8-12)30-18(10-26-16)28-29-20(30)11-1-4-14(31)5-2-11/h3,6-11,14,31H,1-2,4-5H2,(H2,25,27). The molecule has 3 N–H and O–H groups in total. The molecule has 1 aromatic carbocycles. The van der Waals surface area contributed by atoms with Crippen molar-refractivity contribution in [1.82, 2.24) is 24.6 Å². The minimum absolute atomic E-state index is 0.141. The van der Waals surface area contributed by atoms with Gasteiger partial charge in [-0.15, -0.1) is 10.2 Å². The molecule has 31 heavy (non-hydrogen) atoms. The number of hydrogen-bond donors (Lipinski definition) is 2. The maximum atomic E-state index is 13.3. The van der Waals surface area contributed by atoms with Crippen LogP contribution in [0.1, 0.15) is 43.0 Å². The molecule has 160 valence electrons. The number of fused-ring (bicyclic) bond motifs is 3. The van der Waals surface area contributed by atoms with Crippen LogP contribution in [0.4, 0.5) is 19.0 Å². The molecule has 1 aliphatic rings. The van der Waals surface area contributed by atoms with Gasteiger partial charge in [0, 0.05) is 17.7 Å². The number of rotatable bonds is 2. The lowest BCUT2D eigenvalue weighted by atomic mass is 9.87. The van der Waals surface area contributed by atoms with E-state index in [-0.39, 0.29) is 12.0 Å². The van der Waals surface area contributed by atoms with E-state index in [1.54, 1.807) is 24.4 Å². The molecule has 1 aliphatic carbocycles. The minimum Gasteiger partial charge on any atom is -0.393 e. The molecule has 0 bridgehead atoms. The molecule has 0 atom stereocenters. The predicted octanol–water partition coefficient (Wildman–Crippen LogP) is 3.96. The molecule has 4 aromatic rings. The van der Waals surface area contributed by atoms with Crippen molar-refractivity contribution in [2.24, 2.45) is 0 Å². The van der Waals surface area contributed by atoms with Crippen molar-refractivity contribution in [3.8, 4) is 11.1 Å². The van der Waals surface area contributed by atoms with Crippen LogP contribution in [0, 0.1) is 0 Å². The summed E-state index contributed by atoms with van der Waals surface area (Å²) >= 11 is 0. The number of alkyl halides is 3. The SMILES string of the molecule is Nc1ncc(-c2ccc3ncc4nnc(C5CCC(O)CC5)n4c3c2)cc1C(F)(F)F. The minimum atomic E-state index is -4.59. The van der Waals surface area contributed by atoms with Crippen LogP contribution < -0.4 is 5.73 Å². The van der Waals surface area contributed by atoms with Gasteiger partial charge in [0.15, 0.2) is 5.65 Å². The first-order chi connectivity index (χ1) is 14.8. The Morgan fingerprint density at radius 1 is 0.968 bits per heavy atom. The highest BCUT2D eigenvalue weighted by atomic mass is 19.4. The highest BCUT2D eigenvalue weighted by molar-refractivity contribution is 5.83. The Hall–Kier alpha value is -3.27. The number of anilines is 1. The van der Waals surface area contributed by atoms with E-state index in [1.807, 2.05) is 4.40 Å². The van der Waals surface area contributed by atoms with Crippen molar-refractivity contribution in [3.63, 3.8) is 0 Å². The van der Waals surface area contributed by atoms with E-state index in [9.17, 15) is 18.3 Å². The maximum absolute atomic E-state index is 13.3. The van der Waals surface area contributed by atoms with Gasteiger partial charge >= 0.3 is 6.18 Å². The smallest absolute Gasteiger partial charge is 0.393 e. The molecule has 0 unspecified atom stereocenters. The van der Waals surface area contributed by atoms with Crippen LogP contribution in [0.15, 0.2) is 36.7 Å². The fraction of sp³-hybridized carbons (Fsp3) is 0.333. The van der Waals surface area contributed by atoms with E-state index >= 15 is 0 Å². The number of benzene rings is 1.